The average Bonchev–Trinajstić information content (AvgIpc) is 4.09. The molecule has 0 amide bonds. The van der Waals surface area contributed by atoms with Crippen LogP contribution in [-0.2, 0) is 52.7 Å². The van der Waals surface area contributed by atoms with Gasteiger partial charge < -0.3 is 0 Å². The first kappa shape index (κ1) is 55.5. The van der Waals surface area contributed by atoms with Crippen LogP contribution in [0.25, 0.3) is 16.9 Å². The molecule has 6 aromatic heterocycles. The Morgan fingerprint density at radius 1 is 0.453 bits per heavy atom. The summed E-state index contributed by atoms with van der Waals surface area (Å²) in [6, 6.07) is 31.1. The summed E-state index contributed by atoms with van der Waals surface area (Å²) in [7, 11) is -11.1. The van der Waals surface area contributed by atoms with Gasteiger partial charge in [0.25, 0.3) is 30.1 Å². The van der Waals surface area contributed by atoms with E-state index >= 15 is 0 Å². The Bertz CT molecular complexity index is 3810. The molecule has 0 spiro atoms. The SMILES string of the molecule is CC(C)c1cc2nccc(NS(=O)(=O)c3ccc(C(C)(C)C)cc3)n2n1.CCc1cc2nccc(NS(=O)(=O)c3ccc(C(C)(C)C)cc3)n2n1.Cc1cc2nccc(NS(=O)(=O)c3ccc(C(C)(C)C)cc3)n2n1. The Labute approximate surface area is 440 Å². The molecule has 9 rings (SSSR count). The Balaban J connectivity index is 0.000000164. The molecule has 396 valence electrons. The van der Waals surface area contributed by atoms with E-state index in [1.54, 1.807) is 79.3 Å². The number of sulfonamides is 3. The number of rotatable bonds is 11. The van der Waals surface area contributed by atoms with Crippen molar-refractivity contribution in [2.24, 2.45) is 0 Å². The normalized spacial score (nSPS) is 12.6. The van der Waals surface area contributed by atoms with Crippen molar-refractivity contribution in [3.8, 4) is 0 Å². The third-order valence-electron chi connectivity index (χ3n) is 12.0. The standard InChI is InChI=1S/C19H24N4O2S.C18H22N4O2S.C17H20N4O2S/c1-13(2)16-12-18-20-11-10-17(23(18)21-16)22-26(24,25)15-8-6-14(7-9-15)19(3,4)5;1-5-14-12-17-19-11-10-16(22(17)20-14)21-25(23,24)15-8-6-13(7-9-15)18(2,3)4;1-12-11-16-18-10-9-15(21(16)19-12)20-24(22,23)14-7-5-13(6-8-14)17(2,3)4/h6-13,22H,1-5H3;6-12,21H,5H2,1-4H3;5-11,20H,1-4H3. The van der Waals surface area contributed by atoms with Crippen molar-refractivity contribution in [1.82, 2.24) is 43.8 Å². The molecular weight excluding hydrogens is 1010 g/mol. The lowest BCUT2D eigenvalue weighted by Crippen LogP contribution is -2.17. The lowest BCUT2D eigenvalue weighted by molar-refractivity contribution is 0.587. The van der Waals surface area contributed by atoms with E-state index in [-0.39, 0.29) is 36.8 Å². The van der Waals surface area contributed by atoms with Crippen LogP contribution in [0.1, 0.15) is 123 Å². The van der Waals surface area contributed by atoms with Crippen molar-refractivity contribution in [3.63, 3.8) is 0 Å². The smallest absolute Gasteiger partial charge is 0.263 e. The summed E-state index contributed by atoms with van der Waals surface area (Å²) in [5, 5.41) is 13.1. The molecule has 0 unspecified atom stereocenters. The van der Waals surface area contributed by atoms with Gasteiger partial charge in [-0.1, -0.05) is 119 Å². The molecule has 21 heteroatoms. The molecule has 0 radical (unpaired) electrons. The number of anilines is 3. The van der Waals surface area contributed by atoms with E-state index in [0.29, 0.717) is 34.4 Å². The molecule has 0 atom stereocenters. The van der Waals surface area contributed by atoms with E-state index in [4.69, 9.17) is 0 Å². The lowest BCUT2D eigenvalue weighted by atomic mass is 9.87. The molecule has 0 saturated heterocycles. The second-order valence-corrected chi connectivity index (χ2v) is 26.5. The summed E-state index contributed by atoms with van der Waals surface area (Å²) < 4.78 is 88.6. The Kier molecular flexibility index (Phi) is 15.7. The number of benzene rings is 3. The van der Waals surface area contributed by atoms with E-state index in [9.17, 15) is 25.3 Å². The zero-order valence-corrected chi connectivity index (χ0v) is 47.1. The van der Waals surface area contributed by atoms with Gasteiger partial charge >= 0.3 is 0 Å². The maximum Gasteiger partial charge on any atom is 0.263 e. The summed E-state index contributed by atoms with van der Waals surface area (Å²) in [5.41, 5.74) is 7.45. The van der Waals surface area contributed by atoms with Crippen LogP contribution in [0.5, 0.6) is 0 Å². The largest absolute Gasteiger partial charge is 0.263 e. The molecule has 0 aliphatic heterocycles. The van der Waals surface area contributed by atoms with E-state index < -0.39 is 30.1 Å². The molecule has 0 saturated carbocycles. The number of hydrogen-bond acceptors (Lipinski definition) is 12. The number of aryl methyl sites for hydroxylation is 2. The van der Waals surface area contributed by atoms with Crippen molar-refractivity contribution in [2.45, 2.75) is 133 Å². The Morgan fingerprint density at radius 3 is 1.11 bits per heavy atom. The second kappa shape index (κ2) is 21.2. The first-order valence-electron chi connectivity index (χ1n) is 24.3. The van der Waals surface area contributed by atoms with E-state index in [1.165, 1.54) is 13.5 Å². The highest BCUT2D eigenvalue weighted by atomic mass is 32.2. The quantitative estimate of drug-likeness (QED) is 0.110. The highest BCUT2D eigenvalue weighted by Crippen LogP contribution is 2.28. The zero-order chi connectivity index (χ0) is 54.9. The van der Waals surface area contributed by atoms with Crippen molar-refractivity contribution in [2.75, 3.05) is 14.2 Å². The monoisotopic (exact) mass is 1070 g/mol. The highest BCUT2D eigenvalue weighted by Gasteiger charge is 2.23. The van der Waals surface area contributed by atoms with Crippen LogP contribution >= 0.6 is 0 Å². The maximum atomic E-state index is 12.8. The number of nitrogens with zero attached hydrogens (tertiary/aromatic N) is 9. The van der Waals surface area contributed by atoms with Crippen molar-refractivity contribution >= 4 is 64.5 Å². The van der Waals surface area contributed by atoms with Gasteiger partial charge in [0.1, 0.15) is 17.5 Å². The van der Waals surface area contributed by atoms with Crippen LogP contribution in [0, 0.1) is 6.92 Å². The first-order chi connectivity index (χ1) is 34.9. The van der Waals surface area contributed by atoms with Crippen LogP contribution in [0.2, 0.25) is 0 Å². The van der Waals surface area contributed by atoms with E-state index in [0.717, 1.165) is 40.2 Å². The zero-order valence-electron chi connectivity index (χ0n) is 44.6. The summed E-state index contributed by atoms with van der Waals surface area (Å²) in [6.07, 6.45) is 5.44. The molecule has 0 aliphatic rings. The van der Waals surface area contributed by atoms with Gasteiger partial charge in [0, 0.05) is 36.8 Å². The summed E-state index contributed by atoms with van der Waals surface area (Å²) >= 11 is 0. The third kappa shape index (κ3) is 13.2. The number of fused-ring (bicyclic) bond motifs is 3. The van der Waals surface area contributed by atoms with Crippen molar-refractivity contribution in [1.29, 1.82) is 0 Å². The van der Waals surface area contributed by atoms with Gasteiger partial charge in [0.05, 0.1) is 31.8 Å². The fourth-order valence-electron chi connectivity index (χ4n) is 7.54. The fourth-order valence-corrected chi connectivity index (χ4v) is 10.7. The van der Waals surface area contributed by atoms with Crippen LogP contribution in [-0.4, -0.2) is 69.0 Å². The van der Waals surface area contributed by atoms with E-state index in [2.05, 4.69) is 107 Å². The molecule has 18 nitrogen and oxygen atoms in total. The first-order valence-corrected chi connectivity index (χ1v) is 28.8. The van der Waals surface area contributed by atoms with Gasteiger partial charge in [0.15, 0.2) is 16.9 Å². The van der Waals surface area contributed by atoms with Crippen LogP contribution < -0.4 is 14.2 Å². The van der Waals surface area contributed by atoms with Gasteiger partial charge in [0.2, 0.25) is 0 Å². The van der Waals surface area contributed by atoms with Crippen LogP contribution in [0.3, 0.4) is 0 Å². The minimum absolute atomic E-state index is 0.0282. The molecule has 9 aromatic rings. The lowest BCUT2D eigenvalue weighted by Gasteiger charge is -2.19. The van der Waals surface area contributed by atoms with Crippen LogP contribution in [0.4, 0.5) is 17.5 Å². The molecular formula is C54H66N12O6S3. The second-order valence-electron chi connectivity index (χ2n) is 21.4. The van der Waals surface area contributed by atoms with Crippen molar-refractivity contribution in [3.05, 3.63) is 162 Å². The average molecular weight is 1080 g/mol. The predicted molar refractivity (Wildman–Crippen MR) is 295 cm³/mol. The summed E-state index contributed by atoms with van der Waals surface area (Å²) in [4.78, 5) is 13.3. The minimum atomic E-state index is -3.72. The summed E-state index contributed by atoms with van der Waals surface area (Å²) in [6.45, 7) is 26.7. The van der Waals surface area contributed by atoms with Gasteiger partial charge in [-0.3, -0.25) is 14.2 Å². The van der Waals surface area contributed by atoms with E-state index in [1.807, 2.05) is 76.2 Å². The highest BCUT2D eigenvalue weighted by molar-refractivity contribution is 7.93. The third-order valence-corrected chi connectivity index (χ3v) is 16.1. The summed E-state index contributed by atoms with van der Waals surface area (Å²) in [5.74, 6) is 1.31. The molecule has 3 aromatic carbocycles. The molecule has 6 heterocycles. The Hall–Kier alpha value is -7.23. The van der Waals surface area contributed by atoms with Gasteiger partial charge in [-0.05, 0) is 107 Å². The van der Waals surface area contributed by atoms with Crippen molar-refractivity contribution < 1.29 is 25.3 Å². The molecule has 75 heavy (non-hydrogen) atoms. The Morgan fingerprint density at radius 2 is 0.773 bits per heavy atom. The molecule has 0 bridgehead atoms. The topological polar surface area (TPSA) is 229 Å². The predicted octanol–water partition coefficient (Wildman–Crippen LogP) is 10.5. The number of nitrogens with one attached hydrogen (secondary N) is 3. The van der Waals surface area contributed by atoms with Crippen LogP contribution in [0.15, 0.2) is 142 Å². The van der Waals surface area contributed by atoms with Gasteiger partial charge in [-0.15, -0.1) is 0 Å². The fraction of sp³-hybridized carbons (Fsp3) is 0.333. The maximum absolute atomic E-state index is 12.8. The van der Waals surface area contributed by atoms with Gasteiger partial charge in [-0.25, -0.2) is 40.2 Å². The molecule has 0 aliphatic carbocycles. The molecule has 0 fully saturated rings. The van der Waals surface area contributed by atoms with Gasteiger partial charge in [-0.2, -0.15) is 28.8 Å². The number of aromatic nitrogens is 9. The minimum Gasteiger partial charge on any atom is -0.263 e. The molecule has 3 N–H and O–H groups in total. The number of hydrogen-bond donors (Lipinski definition) is 3.